The Morgan fingerprint density at radius 1 is 0.967 bits per heavy atom. The molecule has 0 radical (unpaired) electrons. The number of aromatic amines is 1. The monoisotopic (exact) mass is 401 g/mol. The van der Waals surface area contributed by atoms with Crippen LogP contribution >= 0.6 is 0 Å². The number of H-pyrrole nitrogens is 1. The van der Waals surface area contributed by atoms with Crippen LogP contribution in [0.4, 0.5) is 4.79 Å². The molecule has 2 heterocycles. The summed E-state index contributed by atoms with van der Waals surface area (Å²) in [4.78, 5) is 18.8. The highest BCUT2D eigenvalue weighted by atomic mass is 16.6. The minimum atomic E-state index is -0.845. The van der Waals surface area contributed by atoms with E-state index in [0.717, 1.165) is 45.9 Å². The molecule has 150 valence electrons. The molecule has 1 aliphatic heterocycles. The number of rotatable bonds is 4. The first-order chi connectivity index (χ1) is 14.6. The van der Waals surface area contributed by atoms with E-state index >= 15 is 0 Å². The quantitative estimate of drug-likeness (QED) is 0.537. The van der Waals surface area contributed by atoms with Crippen LogP contribution in [0.5, 0.6) is 17.2 Å². The Morgan fingerprint density at radius 2 is 1.73 bits per heavy atom. The molecule has 0 atom stereocenters. The Kier molecular flexibility index (Phi) is 4.48. The molecular weight excluding hydrogens is 382 g/mol. The topological polar surface area (TPSA) is 99.5 Å². The minimum absolute atomic E-state index is 0.375. The Hall–Kier alpha value is -4.00. The van der Waals surface area contributed by atoms with Crippen LogP contribution < -0.4 is 19.9 Å². The largest absolute Gasteiger partial charge is 0.486 e. The highest BCUT2D eigenvalue weighted by Crippen LogP contribution is 2.31. The first-order valence-electron chi connectivity index (χ1n) is 9.59. The molecule has 0 fully saturated rings. The zero-order valence-electron chi connectivity index (χ0n) is 16.1. The summed E-state index contributed by atoms with van der Waals surface area (Å²) in [6.07, 6.45) is -0.0482. The third kappa shape index (κ3) is 3.65. The van der Waals surface area contributed by atoms with Gasteiger partial charge in [-0.3, -0.25) is 0 Å². The van der Waals surface area contributed by atoms with Gasteiger partial charge in [-0.15, -0.1) is 0 Å². The SMILES string of the molecule is NC(=O)Oc1ccc2nc(-c3ccc(Cc4ccc5c(c4)OCCO5)cc3)[nH]c2c1. The third-order valence-corrected chi connectivity index (χ3v) is 4.91. The van der Waals surface area contributed by atoms with Gasteiger partial charge in [0.25, 0.3) is 0 Å². The molecular formula is C23H19N3O4. The summed E-state index contributed by atoms with van der Waals surface area (Å²) in [7, 11) is 0. The lowest BCUT2D eigenvalue weighted by Crippen LogP contribution is -2.16. The second-order valence-corrected chi connectivity index (χ2v) is 7.04. The fourth-order valence-corrected chi connectivity index (χ4v) is 3.52. The predicted molar refractivity (Wildman–Crippen MR) is 112 cm³/mol. The van der Waals surface area contributed by atoms with Crippen LogP contribution in [0, 0.1) is 0 Å². The summed E-state index contributed by atoms with van der Waals surface area (Å²) < 4.78 is 16.2. The lowest BCUT2D eigenvalue weighted by Gasteiger charge is -2.18. The van der Waals surface area contributed by atoms with Gasteiger partial charge in [-0.1, -0.05) is 30.3 Å². The van der Waals surface area contributed by atoms with Crippen molar-refractivity contribution in [2.24, 2.45) is 5.73 Å². The van der Waals surface area contributed by atoms with Crippen LogP contribution in [-0.2, 0) is 6.42 Å². The fourth-order valence-electron chi connectivity index (χ4n) is 3.52. The summed E-state index contributed by atoms with van der Waals surface area (Å²) in [6, 6.07) is 19.4. The number of carbonyl (C=O) groups excluding carboxylic acids is 1. The van der Waals surface area contributed by atoms with Gasteiger partial charge in [-0.05, 0) is 41.8 Å². The maximum atomic E-state index is 10.9. The Morgan fingerprint density at radius 3 is 2.53 bits per heavy atom. The highest BCUT2D eigenvalue weighted by Gasteiger charge is 2.12. The van der Waals surface area contributed by atoms with Gasteiger partial charge in [0, 0.05) is 11.6 Å². The van der Waals surface area contributed by atoms with Gasteiger partial charge in [-0.2, -0.15) is 0 Å². The molecule has 3 N–H and O–H groups in total. The number of imidazole rings is 1. The van der Waals surface area contributed by atoms with E-state index in [0.29, 0.717) is 19.0 Å². The molecule has 5 rings (SSSR count). The highest BCUT2D eigenvalue weighted by molar-refractivity contribution is 5.81. The van der Waals surface area contributed by atoms with Gasteiger partial charge < -0.3 is 24.9 Å². The summed E-state index contributed by atoms with van der Waals surface area (Å²) in [5, 5.41) is 0. The van der Waals surface area contributed by atoms with Crippen molar-refractivity contribution in [3.63, 3.8) is 0 Å². The maximum Gasteiger partial charge on any atom is 0.409 e. The number of amides is 1. The zero-order valence-corrected chi connectivity index (χ0v) is 16.1. The molecule has 0 saturated carbocycles. The Labute approximate surface area is 172 Å². The van der Waals surface area contributed by atoms with Crippen molar-refractivity contribution in [2.75, 3.05) is 13.2 Å². The second kappa shape index (κ2) is 7.44. The van der Waals surface area contributed by atoms with Crippen LogP contribution in [0.3, 0.4) is 0 Å². The van der Waals surface area contributed by atoms with Crippen LogP contribution in [-0.4, -0.2) is 29.3 Å². The lowest BCUT2D eigenvalue weighted by atomic mass is 10.0. The molecule has 0 aliphatic carbocycles. The van der Waals surface area contributed by atoms with Crippen LogP contribution in [0.25, 0.3) is 22.4 Å². The smallest absolute Gasteiger partial charge is 0.409 e. The Balaban J connectivity index is 1.35. The first kappa shape index (κ1) is 18.1. The van der Waals surface area contributed by atoms with Gasteiger partial charge in [0.05, 0.1) is 11.0 Å². The number of nitrogens with two attached hydrogens (primary N) is 1. The van der Waals surface area contributed by atoms with E-state index < -0.39 is 6.09 Å². The molecule has 1 aliphatic rings. The van der Waals surface area contributed by atoms with Crippen molar-refractivity contribution in [2.45, 2.75) is 6.42 Å². The number of nitrogens with one attached hydrogen (secondary N) is 1. The minimum Gasteiger partial charge on any atom is -0.486 e. The number of benzene rings is 3. The van der Waals surface area contributed by atoms with Gasteiger partial charge in [0.15, 0.2) is 11.5 Å². The van der Waals surface area contributed by atoms with Crippen molar-refractivity contribution in [1.29, 1.82) is 0 Å². The number of ether oxygens (including phenoxy) is 3. The lowest BCUT2D eigenvalue weighted by molar-refractivity contribution is 0.171. The molecule has 1 aromatic heterocycles. The number of hydrogen-bond acceptors (Lipinski definition) is 5. The van der Waals surface area contributed by atoms with Crippen molar-refractivity contribution >= 4 is 17.1 Å². The maximum absolute atomic E-state index is 10.9. The van der Waals surface area contributed by atoms with Crippen LogP contribution in [0.2, 0.25) is 0 Å². The second-order valence-electron chi connectivity index (χ2n) is 7.04. The number of nitrogens with zero attached hydrogens (tertiary/aromatic N) is 1. The molecule has 30 heavy (non-hydrogen) atoms. The fraction of sp³-hybridized carbons (Fsp3) is 0.130. The molecule has 1 amide bonds. The summed E-state index contributed by atoms with van der Waals surface area (Å²) in [5.74, 6) is 2.72. The molecule has 7 nitrogen and oxygen atoms in total. The standard InChI is InChI=1S/C23H19N3O4/c24-23(27)30-17-6-7-18-19(13-17)26-22(25-18)16-4-1-14(2-5-16)11-15-3-8-20-21(12-15)29-10-9-28-20/h1-8,12-13H,9-11H2,(H2,24,27)(H,25,26). The summed E-state index contributed by atoms with van der Waals surface area (Å²) in [5.41, 5.74) is 9.93. The van der Waals surface area contributed by atoms with Gasteiger partial charge in [0.1, 0.15) is 24.8 Å². The van der Waals surface area contributed by atoms with E-state index in [4.69, 9.17) is 19.9 Å². The van der Waals surface area contributed by atoms with Crippen LogP contribution in [0.1, 0.15) is 11.1 Å². The normalized spacial score (nSPS) is 12.7. The summed E-state index contributed by atoms with van der Waals surface area (Å²) in [6.45, 7) is 1.17. The van der Waals surface area contributed by atoms with Crippen molar-refractivity contribution < 1.29 is 19.0 Å². The van der Waals surface area contributed by atoms with Gasteiger partial charge >= 0.3 is 6.09 Å². The van der Waals surface area contributed by atoms with Crippen molar-refractivity contribution in [1.82, 2.24) is 9.97 Å². The van der Waals surface area contributed by atoms with Crippen molar-refractivity contribution in [3.05, 3.63) is 71.8 Å². The van der Waals surface area contributed by atoms with Gasteiger partial charge in [0.2, 0.25) is 0 Å². The molecule has 0 saturated heterocycles. The predicted octanol–water partition coefficient (Wildman–Crippen LogP) is 4.05. The molecule has 0 unspecified atom stereocenters. The number of hydrogen-bond donors (Lipinski definition) is 2. The van der Waals surface area contributed by atoms with E-state index in [1.165, 1.54) is 5.56 Å². The van der Waals surface area contributed by atoms with E-state index in [1.54, 1.807) is 18.2 Å². The van der Waals surface area contributed by atoms with Crippen molar-refractivity contribution in [3.8, 4) is 28.6 Å². The van der Waals surface area contributed by atoms with E-state index in [1.807, 2.05) is 24.3 Å². The summed E-state index contributed by atoms with van der Waals surface area (Å²) >= 11 is 0. The number of carbonyl (C=O) groups is 1. The zero-order chi connectivity index (χ0) is 20.5. The molecule has 0 bridgehead atoms. The number of primary amides is 1. The first-order valence-corrected chi connectivity index (χ1v) is 9.59. The molecule has 7 heteroatoms. The van der Waals surface area contributed by atoms with Crippen LogP contribution in [0.15, 0.2) is 60.7 Å². The van der Waals surface area contributed by atoms with E-state index in [9.17, 15) is 4.79 Å². The number of aromatic nitrogens is 2. The number of fused-ring (bicyclic) bond motifs is 2. The molecule has 0 spiro atoms. The van der Waals surface area contributed by atoms with E-state index in [-0.39, 0.29) is 0 Å². The van der Waals surface area contributed by atoms with Gasteiger partial charge in [-0.25, -0.2) is 9.78 Å². The Bertz CT molecular complexity index is 1230. The third-order valence-electron chi connectivity index (χ3n) is 4.91. The average Bonchev–Trinajstić information content (AvgIpc) is 3.17. The molecule has 4 aromatic rings. The molecule has 3 aromatic carbocycles. The van der Waals surface area contributed by atoms with E-state index in [2.05, 4.69) is 28.2 Å². The average molecular weight is 401 g/mol.